The number of ether oxygens (including phenoxy) is 2. The maximum absolute atomic E-state index is 11.8. The third-order valence-electron chi connectivity index (χ3n) is 3.77. The number of hydrogen-bond donors (Lipinski definition) is 1. The first-order chi connectivity index (χ1) is 10.0. The second-order valence-electron chi connectivity index (χ2n) is 5.16. The van der Waals surface area contributed by atoms with Crippen molar-refractivity contribution in [3.8, 4) is 11.5 Å². The van der Waals surface area contributed by atoms with Gasteiger partial charge < -0.3 is 14.6 Å². The molecule has 0 atom stereocenters. The van der Waals surface area contributed by atoms with E-state index in [9.17, 15) is 9.90 Å². The van der Waals surface area contributed by atoms with Gasteiger partial charge >= 0.3 is 5.97 Å². The standard InChI is InChI=1S/C17H20O4/c1-5-6-10(2)7-8-12-15(18)14-13(9-21-17(14)19)11(3)16(12)20-4/h5,7,18H,1,6,8-9H2,2-4H3/b10-7+. The van der Waals surface area contributed by atoms with E-state index in [2.05, 4.69) is 6.58 Å². The lowest BCUT2D eigenvalue weighted by molar-refractivity contribution is 0.0533. The Morgan fingerprint density at radius 3 is 2.86 bits per heavy atom. The number of phenols is 1. The summed E-state index contributed by atoms with van der Waals surface area (Å²) in [7, 11) is 1.57. The quantitative estimate of drug-likeness (QED) is 0.666. The maximum Gasteiger partial charge on any atom is 0.342 e. The molecule has 0 aromatic heterocycles. The molecule has 1 aliphatic rings. The molecule has 4 heteroatoms. The summed E-state index contributed by atoms with van der Waals surface area (Å²) in [5.74, 6) is 0.117. The van der Waals surface area contributed by atoms with Crippen molar-refractivity contribution in [3.05, 3.63) is 46.6 Å². The van der Waals surface area contributed by atoms with Crippen molar-refractivity contribution >= 4 is 5.97 Å². The van der Waals surface area contributed by atoms with Crippen molar-refractivity contribution in [2.24, 2.45) is 0 Å². The van der Waals surface area contributed by atoms with Gasteiger partial charge in [0.25, 0.3) is 0 Å². The van der Waals surface area contributed by atoms with E-state index < -0.39 is 5.97 Å². The summed E-state index contributed by atoms with van der Waals surface area (Å²) in [4.78, 5) is 11.8. The van der Waals surface area contributed by atoms with Gasteiger partial charge in [0.05, 0.1) is 7.11 Å². The van der Waals surface area contributed by atoms with Crippen LogP contribution in [0.5, 0.6) is 11.5 Å². The lowest BCUT2D eigenvalue weighted by atomic mass is 9.95. The molecule has 1 heterocycles. The van der Waals surface area contributed by atoms with E-state index in [1.807, 2.05) is 26.0 Å². The van der Waals surface area contributed by atoms with Crippen LogP contribution in [0.2, 0.25) is 0 Å². The van der Waals surface area contributed by atoms with E-state index in [0.717, 1.165) is 17.6 Å². The highest BCUT2D eigenvalue weighted by atomic mass is 16.5. The van der Waals surface area contributed by atoms with E-state index in [1.165, 1.54) is 0 Å². The van der Waals surface area contributed by atoms with Gasteiger partial charge in [0, 0.05) is 11.1 Å². The Bertz CT molecular complexity index is 626. The predicted molar refractivity (Wildman–Crippen MR) is 80.8 cm³/mol. The van der Waals surface area contributed by atoms with E-state index >= 15 is 0 Å². The molecule has 1 aromatic carbocycles. The molecule has 112 valence electrons. The Morgan fingerprint density at radius 2 is 2.24 bits per heavy atom. The van der Waals surface area contributed by atoms with Gasteiger partial charge in [-0.1, -0.05) is 17.7 Å². The number of fused-ring (bicyclic) bond motifs is 1. The molecule has 4 nitrogen and oxygen atoms in total. The van der Waals surface area contributed by atoms with Crippen LogP contribution in [-0.2, 0) is 17.8 Å². The first-order valence-electron chi connectivity index (χ1n) is 6.86. The Balaban J connectivity index is 2.52. The third kappa shape index (κ3) is 2.66. The van der Waals surface area contributed by atoms with E-state index in [4.69, 9.17) is 9.47 Å². The summed E-state index contributed by atoms with van der Waals surface area (Å²) in [6.07, 6.45) is 5.12. The van der Waals surface area contributed by atoms with Crippen molar-refractivity contribution in [2.45, 2.75) is 33.3 Å². The van der Waals surface area contributed by atoms with Crippen LogP contribution in [0.1, 0.15) is 40.4 Å². The number of carbonyl (C=O) groups excluding carboxylic acids is 1. The number of phenolic OH excluding ortho intramolecular Hbond substituents is 1. The van der Waals surface area contributed by atoms with Crippen molar-refractivity contribution in [1.82, 2.24) is 0 Å². The minimum Gasteiger partial charge on any atom is -0.507 e. The normalized spacial score (nSPS) is 13.9. The molecule has 0 bridgehead atoms. The van der Waals surface area contributed by atoms with E-state index in [0.29, 0.717) is 23.3 Å². The van der Waals surface area contributed by atoms with Crippen LogP contribution in [0.15, 0.2) is 24.3 Å². The second kappa shape index (κ2) is 6.04. The molecule has 1 aliphatic heterocycles. The van der Waals surface area contributed by atoms with Gasteiger partial charge in [-0.25, -0.2) is 4.79 Å². The Hall–Kier alpha value is -2.23. The number of methoxy groups -OCH3 is 1. The van der Waals surface area contributed by atoms with Gasteiger partial charge in [-0.15, -0.1) is 6.58 Å². The van der Waals surface area contributed by atoms with Crippen LogP contribution >= 0.6 is 0 Å². The summed E-state index contributed by atoms with van der Waals surface area (Å²) in [5.41, 5.74) is 3.60. The predicted octanol–water partition coefficient (Wildman–Crippen LogP) is 3.44. The zero-order valence-corrected chi connectivity index (χ0v) is 12.7. The molecule has 1 N–H and O–H groups in total. The number of allylic oxidation sites excluding steroid dienone is 3. The average Bonchev–Trinajstić information content (AvgIpc) is 2.84. The van der Waals surface area contributed by atoms with Crippen LogP contribution in [0.25, 0.3) is 0 Å². The number of cyclic esters (lactones) is 1. The largest absolute Gasteiger partial charge is 0.507 e. The Morgan fingerprint density at radius 1 is 1.52 bits per heavy atom. The molecule has 0 spiro atoms. The number of hydrogen-bond acceptors (Lipinski definition) is 4. The number of carbonyl (C=O) groups is 1. The molecule has 0 amide bonds. The van der Waals surface area contributed by atoms with Gasteiger partial charge in [-0.3, -0.25) is 0 Å². The number of esters is 1. The van der Waals surface area contributed by atoms with Crippen molar-refractivity contribution in [1.29, 1.82) is 0 Å². The highest BCUT2D eigenvalue weighted by Crippen LogP contribution is 2.41. The van der Waals surface area contributed by atoms with Crippen LogP contribution in [0, 0.1) is 6.92 Å². The summed E-state index contributed by atoms with van der Waals surface area (Å²) < 4.78 is 10.5. The molecule has 0 unspecified atom stereocenters. The van der Waals surface area contributed by atoms with Crippen molar-refractivity contribution < 1.29 is 19.4 Å². The van der Waals surface area contributed by atoms with Crippen LogP contribution in [-0.4, -0.2) is 18.2 Å². The summed E-state index contributed by atoms with van der Waals surface area (Å²) in [6.45, 7) is 7.77. The Kier molecular flexibility index (Phi) is 4.36. The van der Waals surface area contributed by atoms with Crippen molar-refractivity contribution in [3.63, 3.8) is 0 Å². The molecule has 1 aromatic rings. The molecule has 0 saturated carbocycles. The minimum absolute atomic E-state index is 0.0300. The van der Waals surface area contributed by atoms with Crippen molar-refractivity contribution in [2.75, 3.05) is 7.11 Å². The van der Waals surface area contributed by atoms with Gasteiger partial charge in [-0.2, -0.15) is 0 Å². The first kappa shape index (κ1) is 15.2. The smallest absolute Gasteiger partial charge is 0.342 e. The fraction of sp³-hybridized carbons (Fsp3) is 0.353. The fourth-order valence-corrected chi connectivity index (χ4v) is 2.62. The molecule has 21 heavy (non-hydrogen) atoms. The van der Waals surface area contributed by atoms with Gasteiger partial charge in [0.1, 0.15) is 23.7 Å². The topological polar surface area (TPSA) is 55.8 Å². The minimum atomic E-state index is -0.471. The number of rotatable bonds is 5. The second-order valence-corrected chi connectivity index (χ2v) is 5.16. The van der Waals surface area contributed by atoms with E-state index in [-0.39, 0.29) is 17.9 Å². The molecule has 0 fully saturated rings. The Labute approximate surface area is 124 Å². The molecule has 2 rings (SSSR count). The lowest BCUT2D eigenvalue weighted by Crippen LogP contribution is -2.03. The monoisotopic (exact) mass is 288 g/mol. The first-order valence-corrected chi connectivity index (χ1v) is 6.86. The van der Waals surface area contributed by atoms with Gasteiger partial charge in [0.2, 0.25) is 0 Å². The summed E-state index contributed by atoms with van der Waals surface area (Å²) in [5, 5.41) is 10.4. The van der Waals surface area contributed by atoms with Crippen LogP contribution in [0.3, 0.4) is 0 Å². The van der Waals surface area contributed by atoms with Crippen LogP contribution in [0.4, 0.5) is 0 Å². The van der Waals surface area contributed by atoms with Gasteiger partial charge in [-0.05, 0) is 32.3 Å². The number of aromatic hydroxyl groups is 1. The van der Waals surface area contributed by atoms with Gasteiger partial charge in [0.15, 0.2) is 0 Å². The van der Waals surface area contributed by atoms with E-state index in [1.54, 1.807) is 7.11 Å². The van der Waals surface area contributed by atoms with Crippen LogP contribution < -0.4 is 4.74 Å². The third-order valence-corrected chi connectivity index (χ3v) is 3.77. The molecular formula is C17H20O4. The molecular weight excluding hydrogens is 268 g/mol. The maximum atomic E-state index is 11.8. The molecule has 0 aliphatic carbocycles. The zero-order chi connectivity index (χ0) is 15.6. The summed E-state index contributed by atoms with van der Waals surface area (Å²) >= 11 is 0. The molecule has 0 radical (unpaired) electrons. The highest BCUT2D eigenvalue weighted by Gasteiger charge is 2.31. The number of benzene rings is 1. The summed E-state index contributed by atoms with van der Waals surface area (Å²) in [6, 6.07) is 0. The SMILES string of the molecule is C=CC/C(C)=C/Cc1c(O)c2c(c(C)c1OC)COC2=O. The zero-order valence-electron chi connectivity index (χ0n) is 12.7. The molecule has 0 saturated heterocycles. The lowest BCUT2D eigenvalue weighted by Gasteiger charge is -2.15. The fourth-order valence-electron chi connectivity index (χ4n) is 2.62. The highest BCUT2D eigenvalue weighted by molar-refractivity contribution is 5.98. The average molecular weight is 288 g/mol.